The number of aliphatic hydroxyl groups is 1. The van der Waals surface area contributed by atoms with E-state index in [-0.39, 0.29) is 32.4 Å². The maximum atomic E-state index is 13.8. The molecule has 0 saturated carbocycles. The number of fused-ring (bicyclic) bond motifs is 2. The first-order chi connectivity index (χ1) is 17.3. The van der Waals surface area contributed by atoms with Crippen molar-refractivity contribution in [3.63, 3.8) is 0 Å². The van der Waals surface area contributed by atoms with Crippen molar-refractivity contribution < 1.29 is 33.0 Å². The molecule has 5 aromatic rings. The van der Waals surface area contributed by atoms with Gasteiger partial charge in [-0.1, -0.05) is 41.7 Å². The van der Waals surface area contributed by atoms with E-state index in [0.29, 0.717) is 16.5 Å². The van der Waals surface area contributed by atoms with E-state index in [1.165, 1.54) is 30.3 Å². The van der Waals surface area contributed by atoms with Gasteiger partial charge in [0.05, 0.1) is 21.8 Å². The van der Waals surface area contributed by atoms with Crippen LogP contribution in [0.1, 0.15) is 22.2 Å². The summed E-state index contributed by atoms with van der Waals surface area (Å²) in [6.45, 7) is 0. The van der Waals surface area contributed by atoms with Gasteiger partial charge in [-0.2, -0.15) is 0 Å². The summed E-state index contributed by atoms with van der Waals surface area (Å²) in [7, 11) is 0. The number of hydrogen-bond donors (Lipinski definition) is 2. The molecule has 0 radical (unpaired) electrons. The Balaban J connectivity index is 1.51. The summed E-state index contributed by atoms with van der Waals surface area (Å²) in [5.41, 5.74) is 0.712. The van der Waals surface area contributed by atoms with Crippen molar-refractivity contribution in [2.24, 2.45) is 0 Å². The molecule has 10 heteroatoms. The van der Waals surface area contributed by atoms with Crippen LogP contribution in [0, 0.1) is 11.6 Å². The maximum Gasteiger partial charge on any atom is 0.296 e. The van der Waals surface area contributed by atoms with E-state index in [2.05, 4.69) is 4.98 Å². The summed E-state index contributed by atoms with van der Waals surface area (Å²) in [5.74, 6) is -4.70. The minimum absolute atomic E-state index is 0.0250. The van der Waals surface area contributed by atoms with Crippen LogP contribution in [-0.4, -0.2) is 26.9 Å². The highest BCUT2D eigenvalue weighted by Gasteiger charge is 2.46. The number of hydrogen-bond acceptors (Lipinski definition) is 7. The molecule has 0 bridgehead atoms. The third kappa shape index (κ3) is 3.34. The largest absolute Gasteiger partial charge is 0.508 e. The van der Waals surface area contributed by atoms with Gasteiger partial charge in [0.15, 0.2) is 28.3 Å². The lowest BCUT2D eigenvalue weighted by molar-refractivity contribution is -0.117. The Morgan fingerprint density at radius 3 is 2.47 bits per heavy atom. The molecule has 0 spiro atoms. The van der Waals surface area contributed by atoms with Crippen LogP contribution in [-0.2, 0) is 4.79 Å². The summed E-state index contributed by atoms with van der Waals surface area (Å²) in [4.78, 5) is 32.3. The molecule has 1 aliphatic rings. The molecule has 3 heterocycles. The Labute approximate surface area is 205 Å². The third-order valence-electron chi connectivity index (χ3n) is 5.94. The number of aliphatic hydroxyl groups excluding tert-OH is 1. The monoisotopic (exact) mass is 504 g/mol. The number of nitrogens with zero attached hydrogens (tertiary/aromatic N) is 2. The number of aromatic nitrogens is 1. The number of furan rings is 1. The van der Waals surface area contributed by atoms with Crippen LogP contribution >= 0.6 is 11.3 Å². The zero-order chi connectivity index (χ0) is 25.1. The van der Waals surface area contributed by atoms with Crippen LogP contribution in [0.4, 0.5) is 13.9 Å². The molecule has 1 amide bonds. The zero-order valence-corrected chi connectivity index (χ0v) is 18.9. The standard InChI is InChI=1S/C26H14F2N2O5S/c27-15-10-17-20(11-16(15)28)36-26(29-17)30-22(12-5-7-14(31)8-6-12)21(24(33)25(30)34)23(32)19-9-13-3-1-2-4-18(13)35-19/h1-11,22,31,33H. The fourth-order valence-corrected chi connectivity index (χ4v) is 5.25. The van der Waals surface area contributed by atoms with Gasteiger partial charge in [-0.25, -0.2) is 13.8 Å². The SMILES string of the molecule is O=C(C1=C(O)C(=O)N(c2nc3cc(F)c(F)cc3s2)C1c1ccc(O)cc1)c1cc2ccccc2o1. The molecular weight excluding hydrogens is 490 g/mol. The number of rotatable bonds is 4. The quantitative estimate of drug-likeness (QED) is 0.300. The van der Waals surface area contributed by atoms with Crippen LogP contribution in [0.5, 0.6) is 5.75 Å². The number of halogens is 2. The highest BCUT2D eigenvalue weighted by molar-refractivity contribution is 7.22. The lowest BCUT2D eigenvalue weighted by Gasteiger charge is -2.24. The van der Waals surface area contributed by atoms with E-state index < -0.39 is 35.1 Å². The van der Waals surface area contributed by atoms with E-state index in [4.69, 9.17) is 4.42 Å². The Hall–Kier alpha value is -4.57. The Kier molecular flexibility index (Phi) is 4.87. The minimum Gasteiger partial charge on any atom is -0.508 e. The molecular formula is C26H14F2N2O5S. The number of ketones is 1. The number of Topliss-reactive ketones (excluding diaryl/α,β-unsaturated/α-hetero) is 1. The summed E-state index contributed by atoms with van der Waals surface area (Å²) in [5, 5.41) is 21.3. The van der Waals surface area contributed by atoms with Gasteiger partial charge in [0.1, 0.15) is 11.3 Å². The summed E-state index contributed by atoms with van der Waals surface area (Å²) in [6.07, 6.45) is 0. The van der Waals surface area contributed by atoms with Crippen LogP contribution in [0.15, 0.2) is 82.5 Å². The first-order valence-electron chi connectivity index (χ1n) is 10.7. The summed E-state index contributed by atoms with van der Waals surface area (Å²) in [6, 6.07) is 15.0. The Morgan fingerprint density at radius 1 is 1.00 bits per heavy atom. The average molecular weight is 504 g/mol. The number of aromatic hydroxyl groups is 1. The number of phenols is 1. The van der Waals surface area contributed by atoms with Gasteiger partial charge in [-0.05, 0) is 35.9 Å². The van der Waals surface area contributed by atoms with E-state index in [1.807, 2.05) is 0 Å². The number of amides is 1. The molecule has 1 aliphatic heterocycles. The van der Waals surface area contributed by atoms with Gasteiger partial charge in [-0.15, -0.1) is 0 Å². The van der Waals surface area contributed by atoms with Crippen molar-refractivity contribution in [1.29, 1.82) is 0 Å². The lowest BCUT2D eigenvalue weighted by atomic mass is 9.95. The Bertz CT molecular complexity index is 1670. The van der Waals surface area contributed by atoms with Gasteiger partial charge in [0, 0.05) is 11.5 Å². The molecule has 2 aromatic heterocycles. The van der Waals surface area contributed by atoms with Gasteiger partial charge < -0.3 is 14.6 Å². The first-order valence-corrected chi connectivity index (χ1v) is 11.5. The second kappa shape index (κ2) is 7.99. The number of phenolic OH excluding ortho intramolecular Hbond substituents is 1. The molecule has 7 nitrogen and oxygen atoms in total. The van der Waals surface area contributed by atoms with Crippen molar-refractivity contribution in [3.05, 3.63) is 101 Å². The zero-order valence-electron chi connectivity index (χ0n) is 18.1. The lowest BCUT2D eigenvalue weighted by Crippen LogP contribution is -2.30. The predicted octanol–water partition coefficient (Wildman–Crippen LogP) is 5.81. The van der Waals surface area contributed by atoms with Crippen molar-refractivity contribution in [2.75, 3.05) is 4.90 Å². The molecule has 1 unspecified atom stereocenters. The second-order valence-corrected chi connectivity index (χ2v) is 9.15. The van der Waals surface area contributed by atoms with Crippen LogP contribution in [0.25, 0.3) is 21.2 Å². The van der Waals surface area contributed by atoms with Gasteiger partial charge >= 0.3 is 0 Å². The number of carbonyl (C=O) groups is 2. The maximum absolute atomic E-state index is 13.8. The van der Waals surface area contributed by atoms with E-state index in [9.17, 15) is 28.6 Å². The number of benzene rings is 3. The molecule has 178 valence electrons. The first kappa shape index (κ1) is 21.9. The highest BCUT2D eigenvalue weighted by Crippen LogP contribution is 2.44. The fourth-order valence-electron chi connectivity index (χ4n) is 4.25. The minimum atomic E-state index is -1.14. The normalized spacial score (nSPS) is 16.0. The molecule has 0 saturated heterocycles. The van der Waals surface area contributed by atoms with Gasteiger partial charge in [0.2, 0.25) is 5.78 Å². The predicted molar refractivity (Wildman–Crippen MR) is 128 cm³/mol. The highest BCUT2D eigenvalue weighted by atomic mass is 32.1. The van der Waals surface area contributed by atoms with Crippen LogP contribution in [0.3, 0.4) is 0 Å². The van der Waals surface area contributed by atoms with Crippen LogP contribution < -0.4 is 4.90 Å². The van der Waals surface area contributed by atoms with E-state index >= 15 is 0 Å². The second-order valence-electron chi connectivity index (χ2n) is 8.14. The van der Waals surface area contributed by atoms with Crippen molar-refractivity contribution in [3.8, 4) is 5.75 Å². The number of para-hydroxylation sites is 1. The van der Waals surface area contributed by atoms with Crippen molar-refractivity contribution in [2.45, 2.75) is 6.04 Å². The van der Waals surface area contributed by atoms with Gasteiger partial charge in [-0.3, -0.25) is 14.5 Å². The topological polar surface area (TPSA) is 104 Å². The summed E-state index contributed by atoms with van der Waals surface area (Å²) < 4.78 is 33.5. The van der Waals surface area contributed by atoms with Crippen molar-refractivity contribution >= 4 is 49.3 Å². The molecule has 2 N–H and O–H groups in total. The molecule has 1 atom stereocenters. The Morgan fingerprint density at radius 2 is 1.72 bits per heavy atom. The molecule has 36 heavy (non-hydrogen) atoms. The third-order valence-corrected chi connectivity index (χ3v) is 6.95. The number of carbonyl (C=O) groups excluding carboxylic acids is 2. The average Bonchev–Trinajstić information content (AvgIpc) is 3.54. The molecule has 0 fully saturated rings. The molecule has 3 aromatic carbocycles. The van der Waals surface area contributed by atoms with Crippen molar-refractivity contribution in [1.82, 2.24) is 4.98 Å². The number of anilines is 1. The smallest absolute Gasteiger partial charge is 0.296 e. The van der Waals surface area contributed by atoms with Crippen LogP contribution in [0.2, 0.25) is 0 Å². The van der Waals surface area contributed by atoms with E-state index in [1.54, 1.807) is 24.3 Å². The summed E-state index contributed by atoms with van der Waals surface area (Å²) >= 11 is 0.904. The molecule has 6 rings (SSSR count). The van der Waals surface area contributed by atoms with E-state index in [0.717, 1.165) is 28.4 Å². The number of thiazole rings is 1. The van der Waals surface area contributed by atoms with Gasteiger partial charge in [0.25, 0.3) is 5.91 Å². The fraction of sp³-hybridized carbons (Fsp3) is 0.0385. The molecule has 0 aliphatic carbocycles.